The van der Waals surface area contributed by atoms with Gasteiger partial charge in [-0.3, -0.25) is 14.8 Å². The molecule has 2 aromatic rings. The summed E-state index contributed by atoms with van der Waals surface area (Å²) in [7, 11) is 0. The van der Waals surface area contributed by atoms with Crippen molar-refractivity contribution in [1.82, 2.24) is 15.4 Å². The highest BCUT2D eigenvalue weighted by Gasteiger charge is 2.35. The number of carbonyl (C=O) groups excluding carboxylic acids is 1. The van der Waals surface area contributed by atoms with Crippen LogP contribution in [0, 0.1) is 0 Å². The van der Waals surface area contributed by atoms with Crippen molar-refractivity contribution >= 4 is 12.1 Å². The van der Waals surface area contributed by atoms with Crippen molar-refractivity contribution in [2.45, 2.75) is 6.18 Å². The Morgan fingerprint density at radius 1 is 1.24 bits per heavy atom. The van der Waals surface area contributed by atoms with Crippen molar-refractivity contribution in [3.05, 3.63) is 59.7 Å². The molecule has 0 bridgehead atoms. The lowest BCUT2D eigenvalue weighted by Gasteiger charge is -2.10. The van der Waals surface area contributed by atoms with Gasteiger partial charge >= 0.3 is 6.18 Å². The van der Waals surface area contributed by atoms with E-state index in [9.17, 15) is 18.0 Å². The first-order valence-electron chi connectivity index (χ1n) is 5.74. The third kappa shape index (κ3) is 3.85. The van der Waals surface area contributed by atoms with E-state index in [0.29, 0.717) is 5.69 Å². The minimum atomic E-state index is -4.64. The molecule has 108 valence electrons. The van der Waals surface area contributed by atoms with Crippen LogP contribution in [-0.4, -0.2) is 22.1 Å². The number of nitrogens with zero attached hydrogens (tertiary/aromatic N) is 3. The molecule has 2 rings (SSSR count). The highest BCUT2D eigenvalue weighted by atomic mass is 19.4. The van der Waals surface area contributed by atoms with E-state index in [-0.39, 0.29) is 0 Å². The molecule has 2 aromatic heterocycles. The maximum atomic E-state index is 12.7. The molecule has 1 N–H and O–H groups in total. The van der Waals surface area contributed by atoms with Crippen LogP contribution in [0.1, 0.15) is 21.6 Å². The fraction of sp³-hybridized carbons (Fsp3) is 0.0769. The number of aromatic nitrogens is 2. The second-order valence-electron chi connectivity index (χ2n) is 3.87. The maximum Gasteiger partial charge on any atom is 0.417 e. The van der Waals surface area contributed by atoms with E-state index in [1.807, 2.05) is 5.43 Å². The largest absolute Gasteiger partial charge is 0.417 e. The number of carbonyl (C=O) groups is 1. The quantitative estimate of drug-likeness (QED) is 0.697. The average Bonchev–Trinajstić information content (AvgIpc) is 2.47. The van der Waals surface area contributed by atoms with Crippen molar-refractivity contribution in [2.24, 2.45) is 5.10 Å². The minimum Gasteiger partial charge on any atom is -0.267 e. The lowest BCUT2D eigenvalue weighted by Crippen LogP contribution is -2.22. The number of amides is 1. The van der Waals surface area contributed by atoms with Crippen molar-refractivity contribution in [3.63, 3.8) is 0 Å². The summed E-state index contributed by atoms with van der Waals surface area (Å²) in [4.78, 5) is 19.2. The Balaban J connectivity index is 2.13. The molecule has 0 saturated carbocycles. The summed E-state index contributed by atoms with van der Waals surface area (Å²) >= 11 is 0. The third-order valence-corrected chi connectivity index (χ3v) is 2.42. The van der Waals surface area contributed by atoms with Gasteiger partial charge in [0, 0.05) is 18.6 Å². The summed E-state index contributed by atoms with van der Waals surface area (Å²) < 4.78 is 38.2. The average molecular weight is 294 g/mol. The normalized spacial score (nSPS) is 11.6. The van der Waals surface area contributed by atoms with Crippen molar-refractivity contribution in [2.75, 3.05) is 0 Å². The molecule has 0 aliphatic heterocycles. The first kappa shape index (κ1) is 14.6. The van der Waals surface area contributed by atoms with Gasteiger partial charge in [-0.15, -0.1) is 0 Å². The van der Waals surface area contributed by atoms with Crippen LogP contribution in [0.25, 0.3) is 0 Å². The molecular weight excluding hydrogens is 285 g/mol. The molecule has 0 aliphatic carbocycles. The molecule has 21 heavy (non-hydrogen) atoms. The monoisotopic (exact) mass is 294 g/mol. The molecule has 0 aromatic carbocycles. The summed E-state index contributed by atoms with van der Waals surface area (Å²) in [5, 5.41) is 3.56. The van der Waals surface area contributed by atoms with Gasteiger partial charge in [0.05, 0.1) is 23.0 Å². The molecule has 1 amide bonds. The molecule has 5 nitrogen and oxygen atoms in total. The van der Waals surface area contributed by atoms with E-state index in [0.717, 1.165) is 18.5 Å². The van der Waals surface area contributed by atoms with E-state index >= 15 is 0 Å². The van der Waals surface area contributed by atoms with Gasteiger partial charge in [-0.2, -0.15) is 18.3 Å². The van der Waals surface area contributed by atoms with Crippen molar-refractivity contribution in [1.29, 1.82) is 0 Å². The second kappa shape index (κ2) is 6.12. The first-order chi connectivity index (χ1) is 9.98. The lowest BCUT2D eigenvalue weighted by molar-refractivity contribution is -0.138. The van der Waals surface area contributed by atoms with Gasteiger partial charge in [-0.25, -0.2) is 5.43 Å². The van der Waals surface area contributed by atoms with Crippen LogP contribution in [-0.2, 0) is 6.18 Å². The van der Waals surface area contributed by atoms with Gasteiger partial charge in [-0.1, -0.05) is 6.07 Å². The summed E-state index contributed by atoms with van der Waals surface area (Å²) in [6.07, 6.45) is -0.0842. The predicted octanol–water partition coefficient (Wildman–Crippen LogP) is 2.26. The van der Waals surface area contributed by atoms with Gasteiger partial charge in [0.25, 0.3) is 5.91 Å². The van der Waals surface area contributed by atoms with Gasteiger partial charge in [0.2, 0.25) is 0 Å². The van der Waals surface area contributed by atoms with Gasteiger partial charge < -0.3 is 0 Å². The van der Waals surface area contributed by atoms with E-state index in [1.54, 1.807) is 18.2 Å². The number of hydrazone groups is 1. The first-order valence-corrected chi connectivity index (χ1v) is 5.74. The summed E-state index contributed by atoms with van der Waals surface area (Å²) in [6, 6.07) is 5.76. The van der Waals surface area contributed by atoms with Crippen LogP contribution in [0.15, 0.2) is 48.0 Å². The minimum absolute atomic E-state index is 0.458. The van der Waals surface area contributed by atoms with Gasteiger partial charge in [-0.05, 0) is 18.2 Å². The van der Waals surface area contributed by atoms with Crippen LogP contribution in [0.3, 0.4) is 0 Å². The molecule has 0 saturated heterocycles. The van der Waals surface area contributed by atoms with E-state index in [1.165, 1.54) is 12.4 Å². The number of hydrogen-bond acceptors (Lipinski definition) is 4. The SMILES string of the molecule is O=C(NN=Cc1ccccn1)c1cnccc1C(F)(F)F. The summed E-state index contributed by atoms with van der Waals surface area (Å²) in [6.45, 7) is 0. The van der Waals surface area contributed by atoms with E-state index in [2.05, 4.69) is 15.1 Å². The number of rotatable bonds is 3. The highest BCUT2D eigenvalue weighted by Crippen LogP contribution is 2.31. The zero-order chi connectivity index (χ0) is 15.3. The number of alkyl halides is 3. The van der Waals surface area contributed by atoms with E-state index in [4.69, 9.17) is 0 Å². The zero-order valence-electron chi connectivity index (χ0n) is 10.5. The highest BCUT2D eigenvalue weighted by molar-refractivity contribution is 5.96. The smallest absolute Gasteiger partial charge is 0.267 e. The molecule has 2 heterocycles. The van der Waals surface area contributed by atoms with Crippen LogP contribution in [0.5, 0.6) is 0 Å². The fourth-order valence-electron chi connectivity index (χ4n) is 1.49. The number of hydrogen-bond donors (Lipinski definition) is 1. The Kier molecular flexibility index (Phi) is 4.27. The third-order valence-electron chi connectivity index (χ3n) is 2.42. The fourth-order valence-corrected chi connectivity index (χ4v) is 1.49. The zero-order valence-corrected chi connectivity index (χ0v) is 10.5. The molecular formula is C13H9F3N4O. The topological polar surface area (TPSA) is 67.2 Å². The van der Waals surface area contributed by atoms with Crippen LogP contribution in [0.4, 0.5) is 13.2 Å². The number of halogens is 3. The number of pyridine rings is 2. The Hall–Kier alpha value is -2.77. The number of nitrogens with one attached hydrogen (secondary N) is 1. The molecule has 0 radical (unpaired) electrons. The lowest BCUT2D eigenvalue weighted by atomic mass is 10.1. The summed E-state index contributed by atoms with van der Waals surface area (Å²) in [5.41, 5.74) is 0.808. The molecule has 8 heteroatoms. The van der Waals surface area contributed by atoms with E-state index < -0.39 is 23.2 Å². The maximum absolute atomic E-state index is 12.7. The Bertz CT molecular complexity index is 656. The molecule has 0 spiro atoms. The predicted molar refractivity (Wildman–Crippen MR) is 68.5 cm³/mol. The van der Waals surface area contributed by atoms with Gasteiger partial charge in [0.15, 0.2) is 0 Å². The summed E-state index contributed by atoms with van der Waals surface area (Å²) in [5.74, 6) is -0.998. The van der Waals surface area contributed by atoms with Crippen molar-refractivity contribution < 1.29 is 18.0 Å². The van der Waals surface area contributed by atoms with Crippen LogP contribution in [0.2, 0.25) is 0 Å². The molecule has 0 atom stereocenters. The molecule has 0 unspecified atom stereocenters. The Morgan fingerprint density at radius 2 is 2.05 bits per heavy atom. The van der Waals surface area contributed by atoms with Gasteiger partial charge in [0.1, 0.15) is 0 Å². The Morgan fingerprint density at radius 3 is 2.71 bits per heavy atom. The van der Waals surface area contributed by atoms with Crippen molar-refractivity contribution in [3.8, 4) is 0 Å². The molecule has 0 aliphatic rings. The second-order valence-corrected chi connectivity index (χ2v) is 3.87. The van der Waals surface area contributed by atoms with Crippen LogP contribution >= 0.6 is 0 Å². The standard InChI is InChI=1S/C13H9F3N4O/c14-13(15,16)11-4-6-17-8-10(11)12(21)20-19-7-9-3-1-2-5-18-9/h1-8H,(H,20,21). The Labute approximate surface area is 117 Å². The molecule has 0 fully saturated rings. The van der Waals surface area contributed by atoms with Crippen LogP contribution < -0.4 is 5.43 Å².